The van der Waals surface area contributed by atoms with Crippen molar-refractivity contribution in [1.29, 1.82) is 0 Å². The number of Topliss-reactive ketones (excluding diaryl/α,β-unsaturated/α-hetero) is 1. The fraction of sp³-hybridized carbons (Fsp3) is 0.909. The first-order valence-corrected chi connectivity index (χ1v) is 10.4. The average molecular weight is 347 g/mol. The molecule has 4 aliphatic rings. The van der Waals surface area contributed by atoms with Crippen molar-refractivity contribution in [3.8, 4) is 0 Å². The molecule has 0 saturated heterocycles. The molecule has 0 amide bonds. The lowest BCUT2D eigenvalue weighted by Crippen LogP contribution is -2.56. The number of fused-ring (bicyclic) bond motifs is 5. The summed E-state index contributed by atoms with van der Waals surface area (Å²) < 4.78 is 5.76. The highest BCUT2D eigenvalue weighted by atomic mass is 16.5. The van der Waals surface area contributed by atoms with Crippen LogP contribution < -0.4 is 0 Å². The van der Waals surface area contributed by atoms with Gasteiger partial charge in [-0.1, -0.05) is 20.8 Å². The van der Waals surface area contributed by atoms with E-state index in [9.17, 15) is 9.59 Å². The van der Waals surface area contributed by atoms with Crippen LogP contribution in [-0.4, -0.2) is 17.9 Å². The summed E-state index contributed by atoms with van der Waals surface area (Å²) in [7, 11) is 0. The minimum atomic E-state index is -0.122. The average Bonchev–Trinajstić information content (AvgIpc) is 2.85. The number of hydrogen-bond acceptors (Lipinski definition) is 3. The van der Waals surface area contributed by atoms with Crippen molar-refractivity contribution in [1.82, 2.24) is 0 Å². The first-order valence-electron chi connectivity index (χ1n) is 10.4. The molecule has 0 aromatic carbocycles. The zero-order valence-electron chi connectivity index (χ0n) is 16.3. The van der Waals surface area contributed by atoms with E-state index in [1.807, 2.05) is 0 Å². The summed E-state index contributed by atoms with van der Waals surface area (Å²) in [5.41, 5.74) is 0.515. The van der Waals surface area contributed by atoms with Crippen molar-refractivity contribution in [3.63, 3.8) is 0 Å². The Balaban J connectivity index is 1.63. The third-order valence-electron chi connectivity index (χ3n) is 9.06. The molecule has 0 aliphatic heterocycles. The molecule has 3 heteroatoms. The zero-order chi connectivity index (χ0) is 18.0. The summed E-state index contributed by atoms with van der Waals surface area (Å²) in [6.07, 6.45) is 8.72. The minimum Gasteiger partial charge on any atom is -0.462 e. The van der Waals surface area contributed by atoms with Gasteiger partial charge in [-0.15, -0.1) is 0 Å². The van der Waals surface area contributed by atoms with Crippen molar-refractivity contribution in [2.45, 2.75) is 85.2 Å². The lowest BCUT2D eigenvalue weighted by Gasteiger charge is -2.62. The third-order valence-corrected chi connectivity index (χ3v) is 9.06. The van der Waals surface area contributed by atoms with E-state index in [1.165, 1.54) is 25.7 Å². The quantitative estimate of drug-likeness (QED) is 0.642. The van der Waals surface area contributed by atoms with Crippen LogP contribution >= 0.6 is 0 Å². The summed E-state index contributed by atoms with van der Waals surface area (Å²) in [6, 6.07) is 0. The molecule has 0 aromatic heterocycles. The van der Waals surface area contributed by atoms with Crippen LogP contribution in [0.4, 0.5) is 0 Å². The summed E-state index contributed by atoms with van der Waals surface area (Å²) in [5.74, 6) is 3.83. The molecule has 4 aliphatic carbocycles. The van der Waals surface area contributed by atoms with Gasteiger partial charge >= 0.3 is 5.97 Å². The number of esters is 1. The predicted octanol–water partition coefficient (Wildman–Crippen LogP) is 4.78. The zero-order valence-corrected chi connectivity index (χ0v) is 16.3. The second kappa shape index (κ2) is 5.82. The highest BCUT2D eigenvalue weighted by molar-refractivity contribution is 5.79. The molecule has 0 spiro atoms. The van der Waals surface area contributed by atoms with Gasteiger partial charge in [0.1, 0.15) is 11.9 Å². The maximum atomic E-state index is 12.1. The van der Waals surface area contributed by atoms with E-state index in [2.05, 4.69) is 20.8 Å². The lowest BCUT2D eigenvalue weighted by atomic mass is 9.43. The Labute approximate surface area is 152 Å². The van der Waals surface area contributed by atoms with Crippen LogP contribution in [-0.2, 0) is 14.3 Å². The van der Waals surface area contributed by atoms with Gasteiger partial charge in [-0.05, 0) is 73.5 Å². The van der Waals surface area contributed by atoms with E-state index in [-0.39, 0.29) is 17.5 Å². The molecule has 8 atom stereocenters. The Morgan fingerprint density at radius 3 is 2.52 bits per heavy atom. The van der Waals surface area contributed by atoms with Crippen LogP contribution in [0.1, 0.15) is 79.1 Å². The Hall–Kier alpha value is -0.860. The van der Waals surface area contributed by atoms with Crippen LogP contribution in [0, 0.1) is 40.4 Å². The fourth-order valence-corrected chi connectivity index (χ4v) is 7.77. The SMILES string of the molecule is CC(=O)O[C@H]1CC[C@H]2[C@@H]3[C@@H](C)C[C@H]4CC(=O)CC[C@]4(C)[C@H]3CC[C@]12C. The number of ketones is 1. The van der Waals surface area contributed by atoms with Crippen molar-refractivity contribution in [2.75, 3.05) is 0 Å². The van der Waals surface area contributed by atoms with Crippen LogP contribution in [0.5, 0.6) is 0 Å². The number of carbonyl (C=O) groups excluding carboxylic acids is 2. The summed E-state index contributed by atoms with van der Waals surface area (Å²) in [6.45, 7) is 8.87. The molecule has 0 heterocycles. The summed E-state index contributed by atoms with van der Waals surface area (Å²) >= 11 is 0. The van der Waals surface area contributed by atoms with Crippen LogP contribution in [0.25, 0.3) is 0 Å². The molecule has 3 nitrogen and oxygen atoms in total. The number of carbonyl (C=O) groups is 2. The van der Waals surface area contributed by atoms with Crippen LogP contribution in [0.15, 0.2) is 0 Å². The van der Waals surface area contributed by atoms with Gasteiger partial charge in [-0.3, -0.25) is 9.59 Å². The largest absolute Gasteiger partial charge is 0.462 e. The number of ether oxygens (including phenoxy) is 1. The van der Waals surface area contributed by atoms with E-state index in [4.69, 9.17) is 4.74 Å². The van der Waals surface area contributed by atoms with Crippen LogP contribution in [0.2, 0.25) is 0 Å². The van der Waals surface area contributed by atoms with Gasteiger partial charge in [-0.25, -0.2) is 0 Å². The fourth-order valence-electron chi connectivity index (χ4n) is 7.77. The summed E-state index contributed by atoms with van der Waals surface area (Å²) in [4.78, 5) is 23.6. The van der Waals surface area contributed by atoms with Gasteiger partial charge in [-0.2, -0.15) is 0 Å². The van der Waals surface area contributed by atoms with Gasteiger partial charge in [0.25, 0.3) is 0 Å². The van der Waals surface area contributed by atoms with E-state index >= 15 is 0 Å². The van der Waals surface area contributed by atoms with E-state index in [0.717, 1.165) is 37.5 Å². The Morgan fingerprint density at radius 1 is 1.08 bits per heavy atom. The molecule has 0 N–H and O–H groups in total. The molecular formula is C22H34O3. The highest BCUT2D eigenvalue weighted by Crippen LogP contribution is 2.67. The topological polar surface area (TPSA) is 43.4 Å². The monoisotopic (exact) mass is 346 g/mol. The Morgan fingerprint density at radius 2 is 1.80 bits per heavy atom. The van der Waals surface area contributed by atoms with Crippen molar-refractivity contribution in [2.24, 2.45) is 40.4 Å². The maximum absolute atomic E-state index is 12.1. The molecule has 4 rings (SSSR count). The van der Waals surface area contributed by atoms with Gasteiger partial charge in [0.15, 0.2) is 0 Å². The van der Waals surface area contributed by atoms with E-state index in [1.54, 1.807) is 6.92 Å². The standard InChI is InChI=1S/C22H34O3/c1-13-11-15-12-16(24)7-9-21(15,3)18-8-10-22(4)17(20(13)18)5-6-19(22)25-14(2)23/h13,15,17-20H,5-12H2,1-4H3/t13-,15-,17-,18-,19-,20-,21-,22-/m0/s1. The molecule has 0 radical (unpaired) electrons. The normalized spacial score (nSPS) is 52.1. The highest BCUT2D eigenvalue weighted by Gasteiger charge is 2.62. The molecule has 140 valence electrons. The second-order valence-corrected chi connectivity index (χ2v) is 10.2. The number of hydrogen-bond donors (Lipinski definition) is 0. The predicted molar refractivity (Wildman–Crippen MR) is 96.8 cm³/mol. The third kappa shape index (κ3) is 2.51. The maximum Gasteiger partial charge on any atom is 0.302 e. The van der Waals surface area contributed by atoms with Crippen LogP contribution in [0.3, 0.4) is 0 Å². The first-order chi connectivity index (χ1) is 11.8. The molecule has 25 heavy (non-hydrogen) atoms. The van der Waals surface area contributed by atoms with Gasteiger partial charge in [0, 0.05) is 25.2 Å². The Kier molecular flexibility index (Phi) is 4.09. The van der Waals surface area contributed by atoms with E-state index in [0.29, 0.717) is 29.0 Å². The molecule has 4 saturated carbocycles. The smallest absolute Gasteiger partial charge is 0.302 e. The second-order valence-electron chi connectivity index (χ2n) is 10.2. The first kappa shape index (κ1) is 17.5. The van der Waals surface area contributed by atoms with Crippen molar-refractivity contribution in [3.05, 3.63) is 0 Å². The molecule has 0 bridgehead atoms. The van der Waals surface area contributed by atoms with Gasteiger partial charge in [0.2, 0.25) is 0 Å². The lowest BCUT2D eigenvalue weighted by molar-refractivity contribution is -0.167. The van der Waals surface area contributed by atoms with Gasteiger partial charge < -0.3 is 4.74 Å². The molecule has 0 aromatic rings. The number of rotatable bonds is 1. The molecule has 0 unspecified atom stereocenters. The molecular weight excluding hydrogens is 312 g/mol. The summed E-state index contributed by atoms with van der Waals surface area (Å²) in [5, 5.41) is 0. The van der Waals surface area contributed by atoms with E-state index < -0.39 is 0 Å². The van der Waals surface area contributed by atoms with Gasteiger partial charge in [0.05, 0.1) is 0 Å². The van der Waals surface area contributed by atoms with Crippen molar-refractivity contribution < 1.29 is 14.3 Å². The Bertz CT molecular complexity index is 584. The van der Waals surface area contributed by atoms with Crippen molar-refractivity contribution >= 4 is 11.8 Å². The molecule has 4 fully saturated rings. The minimum absolute atomic E-state index is 0.113.